The Morgan fingerprint density at radius 2 is 1.33 bits per heavy atom. The van der Waals surface area contributed by atoms with Crippen LogP contribution in [0.2, 0.25) is 0 Å². The largest absolute Gasteiger partial charge is 0.326 e. The molecule has 12 heavy (non-hydrogen) atoms. The molecule has 0 aliphatic rings. The van der Waals surface area contributed by atoms with Crippen LogP contribution >= 0.6 is 16.5 Å². The summed E-state index contributed by atoms with van der Waals surface area (Å²) in [4.78, 5) is 16.3. The van der Waals surface area contributed by atoms with E-state index in [4.69, 9.17) is 9.79 Å². The SMILES string of the molecule is O=[PH](O)OCCCO[PH](=O)O.[Zr]. The zero-order valence-electron chi connectivity index (χ0n) is 6.15. The molecule has 6 nitrogen and oxygen atoms in total. The molecule has 0 heterocycles. The Labute approximate surface area is 90.3 Å². The van der Waals surface area contributed by atoms with E-state index in [-0.39, 0.29) is 39.4 Å². The summed E-state index contributed by atoms with van der Waals surface area (Å²) in [5.41, 5.74) is 0. The van der Waals surface area contributed by atoms with Gasteiger partial charge in [-0.2, -0.15) is 0 Å². The van der Waals surface area contributed by atoms with E-state index in [1.54, 1.807) is 0 Å². The summed E-state index contributed by atoms with van der Waals surface area (Å²) in [6, 6.07) is 0. The van der Waals surface area contributed by atoms with E-state index in [0.29, 0.717) is 6.42 Å². The Balaban J connectivity index is 0. The van der Waals surface area contributed by atoms with Gasteiger partial charge in [0.05, 0.1) is 13.2 Å². The molecule has 0 saturated carbocycles. The van der Waals surface area contributed by atoms with Gasteiger partial charge in [0.1, 0.15) is 0 Å². The fourth-order valence-corrected chi connectivity index (χ4v) is 1.02. The van der Waals surface area contributed by atoms with Crippen molar-refractivity contribution < 1.29 is 54.2 Å². The maximum absolute atomic E-state index is 9.91. The average Bonchev–Trinajstić information content (AvgIpc) is 1.85. The third-order valence-corrected chi connectivity index (χ3v) is 1.64. The van der Waals surface area contributed by atoms with Crippen molar-refractivity contribution in [3.63, 3.8) is 0 Å². The minimum Gasteiger partial charge on any atom is -0.326 e. The van der Waals surface area contributed by atoms with Gasteiger partial charge in [0.2, 0.25) is 0 Å². The van der Waals surface area contributed by atoms with Crippen molar-refractivity contribution in [2.75, 3.05) is 13.2 Å². The summed E-state index contributed by atoms with van der Waals surface area (Å²) >= 11 is 0. The number of rotatable bonds is 6. The molecule has 0 spiro atoms. The molecule has 0 rings (SSSR count). The first-order chi connectivity index (χ1) is 5.13. The summed E-state index contributed by atoms with van der Waals surface area (Å²) in [5.74, 6) is 0. The van der Waals surface area contributed by atoms with Gasteiger partial charge in [-0.25, -0.2) is 0 Å². The van der Waals surface area contributed by atoms with Gasteiger partial charge < -0.3 is 18.8 Å². The molecule has 0 amide bonds. The summed E-state index contributed by atoms with van der Waals surface area (Å²) in [7, 11) is -5.75. The van der Waals surface area contributed by atoms with Gasteiger partial charge in [-0.3, -0.25) is 9.13 Å². The molecule has 0 fully saturated rings. The summed E-state index contributed by atoms with van der Waals surface area (Å²) in [6.45, 7) is 0.118. The predicted octanol–water partition coefficient (Wildman–Crippen LogP) is 0.171. The zero-order valence-corrected chi connectivity index (χ0v) is 10.6. The summed E-state index contributed by atoms with van der Waals surface area (Å²) in [6.07, 6.45) is 0.327. The molecule has 0 saturated heterocycles. The summed E-state index contributed by atoms with van der Waals surface area (Å²) < 4.78 is 28.4. The van der Waals surface area contributed by atoms with Crippen molar-refractivity contribution in [2.24, 2.45) is 0 Å². The van der Waals surface area contributed by atoms with Crippen LogP contribution in [0, 0.1) is 0 Å². The number of hydrogen-bond acceptors (Lipinski definition) is 4. The quantitative estimate of drug-likeness (QED) is 0.536. The van der Waals surface area contributed by atoms with Crippen molar-refractivity contribution in [1.82, 2.24) is 0 Å². The third kappa shape index (κ3) is 13.8. The Morgan fingerprint density at radius 1 is 1.00 bits per heavy atom. The molecule has 72 valence electrons. The standard InChI is InChI=1S/C3H10O6P2.Zr/c4-10(5)8-2-1-3-9-11(6)7;/h10-11H,1-3H2,(H,4,5)(H,6,7);. The molecule has 0 aliphatic carbocycles. The fraction of sp³-hybridized carbons (Fsp3) is 1.00. The predicted molar refractivity (Wildman–Crippen MR) is 39.0 cm³/mol. The topological polar surface area (TPSA) is 93.1 Å². The Bertz CT molecular complexity index is 136. The molecular formula is C3H10O6P2Zr. The molecule has 0 aromatic rings. The Kier molecular flexibility index (Phi) is 13.4. The fourth-order valence-electron chi connectivity index (χ4n) is 0.378. The van der Waals surface area contributed by atoms with Crippen LogP contribution in [0.4, 0.5) is 0 Å². The van der Waals surface area contributed by atoms with E-state index >= 15 is 0 Å². The molecule has 0 aromatic carbocycles. The monoisotopic (exact) mass is 294 g/mol. The first-order valence-corrected chi connectivity index (χ1v) is 5.37. The molecule has 2 unspecified atom stereocenters. The molecule has 0 radical (unpaired) electrons. The van der Waals surface area contributed by atoms with Crippen molar-refractivity contribution in [3.05, 3.63) is 0 Å². The Morgan fingerprint density at radius 3 is 1.58 bits per heavy atom. The van der Waals surface area contributed by atoms with Gasteiger partial charge in [-0.05, 0) is 6.42 Å². The van der Waals surface area contributed by atoms with Crippen LogP contribution in [0.15, 0.2) is 0 Å². The molecule has 2 atom stereocenters. The average molecular weight is 295 g/mol. The van der Waals surface area contributed by atoms with Crippen LogP contribution in [0.5, 0.6) is 0 Å². The van der Waals surface area contributed by atoms with Crippen molar-refractivity contribution in [2.45, 2.75) is 6.42 Å². The van der Waals surface area contributed by atoms with Crippen molar-refractivity contribution in [1.29, 1.82) is 0 Å². The van der Waals surface area contributed by atoms with Crippen LogP contribution in [-0.2, 0) is 44.4 Å². The van der Waals surface area contributed by atoms with Gasteiger partial charge >= 0.3 is 16.5 Å². The Hall–Kier alpha value is 1.18. The van der Waals surface area contributed by atoms with Crippen LogP contribution in [0.1, 0.15) is 6.42 Å². The van der Waals surface area contributed by atoms with Crippen LogP contribution < -0.4 is 0 Å². The molecular weight excluding hydrogens is 285 g/mol. The maximum Gasteiger partial charge on any atom is 0.316 e. The smallest absolute Gasteiger partial charge is 0.316 e. The van der Waals surface area contributed by atoms with Gasteiger partial charge in [-0.15, -0.1) is 0 Å². The van der Waals surface area contributed by atoms with Crippen LogP contribution in [-0.4, -0.2) is 23.0 Å². The molecule has 0 aliphatic heterocycles. The molecule has 0 aromatic heterocycles. The second-order valence-corrected chi connectivity index (χ2v) is 3.22. The van der Waals surface area contributed by atoms with E-state index in [1.165, 1.54) is 0 Å². The third-order valence-electron chi connectivity index (χ3n) is 0.740. The number of hydrogen-bond donors (Lipinski definition) is 2. The van der Waals surface area contributed by atoms with E-state index < -0.39 is 16.5 Å². The minimum atomic E-state index is -2.87. The van der Waals surface area contributed by atoms with Crippen molar-refractivity contribution >= 4 is 16.5 Å². The first kappa shape index (κ1) is 15.6. The van der Waals surface area contributed by atoms with Crippen LogP contribution in [0.3, 0.4) is 0 Å². The first-order valence-electron chi connectivity index (χ1n) is 2.84. The van der Waals surface area contributed by atoms with Gasteiger partial charge in [0.15, 0.2) is 0 Å². The second kappa shape index (κ2) is 10.3. The second-order valence-electron chi connectivity index (χ2n) is 1.58. The van der Waals surface area contributed by atoms with Crippen molar-refractivity contribution in [3.8, 4) is 0 Å². The molecule has 2 N–H and O–H groups in total. The normalized spacial score (nSPS) is 14.8. The van der Waals surface area contributed by atoms with Gasteiger partial charge in [0, 0.05) is 26.2 Å². The van der Waals surface area contributed by atoms with Gasteiger partial charge in [0.25, 0.3) is 0 Å². The van der Waals surface area contributed by atoms with Crippen LogP contribution in [0.25, 0.3) is 0 Å². The van der Waals surface area contributed by atoms with E-state index in [0.717, 1.165) is 0 Å². The van der Waals surface area contributed by atoms with E-state index in [2.05, 4.69) is 9.05 Å². The van der Waals surface area contributed by atoms with E-state index in [1.807, 2.05) is 0 Å². The molecule has 0 bridgehead atoms. The van der Waals surface area contributed by atoms with Gasteiger partial charge in [-0.1, -0.05) is 0 Å². The summed E-state index contributed by atoms with van der Waals surface area (Å²) in [5, 5.41) is 0. The van der Waals surface area contributed by atoms with E-state index in [9.17, 15) is 9.13 Å². The molecule has 9 heteroatoms. The zero-order chi connectivity index (χ0) is 8.69. The maximum atomic E-state index is 9.91. The minimum absolute atomic E-state index is 0.